The van der Waals surface area contributed by atoms with E-state index >= 15 is 0 Å². The molecule has 2 aliphatic rings. The first-order valence-corrected chi connectivity index (χ1v) is 7.43. The highest BCUT2D eigenvalue weighted by Crippen LogP contribution is 2.31. The van der Waals surface area contributed by atoms with E-state index in [4.69, 9.17) is 4.74 Å². The molecule has 1 aliphatic carbocycles. The van der Waals surface area contributed by atoms with Crippen molar-refractivity contribution >= 4 is 6.29 Å². The van der Waals surface area contributed by atoms with Gasteiger partial charge < -0.3 is 9.53 Å². The molecule has 0 radical (unpaired) electrons. The lowest BCUT2D eigenvalue weighted by atomic mass is 9.87. The monoisotopic (exact) mass is 253 g/mol. The minimum absolute atomic E-state index is 0.225. The molecule has 3 heteroatoms. The summed E-state index contributed by atoms with van der Waals surface area (Å²) >= 11 is 0. The zero-order valence-corrected chi connectivity index (χ0v) is 11.9. The second-order valence-corrected chi connectivity index (χ2v) is 6.54. The van der Waals surface area contributed by atoms with E-state index in [0.717, 1.165) is 32.4 Å². The lowest BCUT2D eigenvalue weighted by Gasteiger charge is -2.35. The molecule has 104 valence electrons. The number of hydrogen-bond acceptors (Lipinski definition) is 3. The molecule has 3 nitrogen and oxygen atoms in total. The number of hydrogen-bond donors (Lipinski definition) is 0. The van der Waals surface area contributed by atoms with E-state index in [2.05, 4.69) is 18.7 Å². The third-order valence-corrected chi connectivity index (χ3v) is 4.34. The number of carbonyl (C=O) groups excluding carboxylic acids is 1. The summed E-state index contributed by atoms with van der Waals surface area (Å²) in [5.74, 6) is 0.664. The van der Waals surface area contributed by atoms with Crippen molar-refractivity contribution in [1.82, 2.24) is 4.90 Å². The molecule has 0 aromatic heterocycles. The van der Waals surface area contributed by atoms with E-state index in [0.29, 0.717) is 18.6 Å². The average Bonchev–Trinajstić information content (AvgIpc) is 2.99. The van der Waals surface area contributed by atoms with Gasteiger partial charge in [-0.05, 0) is 25.2 Å². The zero-order chi connectivity index (χ0) is 13.0. The molecule has 18 heavy (non-hydrogen) atoms. The van der Waals surface area contributed by atoms with Gasteiger partial charge in [-0.15, -0.1) is 0 Å². The smallest absolute Gasteiger partial charge is 0.129 e. The molecule has 0 spiro atoms. The highest BCUT2D eigenvalue weighted by atomic mass is 16.5. The van der Waals surface area contributed by atoms with Gasteiger partial charge in [0.1, 0.15) is 6.29 Å². The van der Waals surface area contributed by atoms with Gasteiger partial charge in [0.25, 0.3) is 0 Å². The summed E-state index contributed by atoms with van der Waals surface area (Å²) in [5, 5.41) is 0. The third kappa shape index (κ3) is 3.33. The Bertz CT molecular complexity index is 266. The van der Waals surface area contributed by atoms with Gasteiger partial charge >= 0.3 is 0 Å². The van der Waals surface area contributed by atoms with Crippen molar-refractivity contribution in [2.24, 2.45) is 11.3 Å². The summed E-state index contributed by atoms with van der Waals surface area (Å²) < 4.78 is 5.46. The van der Waals surface area contributed by atoms with Crippen LogP contribution in [-0.4, -0.2) is 43.5 Å². The Morgan fingerprint density at radius 3 is 2.61 bits per heavy atom. The maximum absolute atomic E-state index is 11.5. The Balaban J connectivity index is 2.00. The summed E-state index contributed by atoms with van der Waals surface area (Å²) in [6.45, 7) is 7.91. The highest BCUT2D eigenvalue weighted by molar-refractivity contribution is 5.60. The van der Waals surface area contributed by atoms with Gasteiger partial charge in [0.05, 0.1) is 12.0 Å². The Morgan fingerprint density at radius 1 is 1.39 bits per heavy atom. The first kappa shape index (κ1) is 14.0. The van der Waals surface area contributed by atoms with Crippen molar-refractivity contribution in [3.05, 3.63) is 0 Å². The van der Waals surface area contributed by atoms with E-state index < -0.39 is 0 Å². The van der Waals surface area contributed by atoms with Gasteiger partial charge in [0.2, 0.25) is 0 Å². The van der Waals surface area contributed by atoms with E-state index in [9.17, 15) is 4.79 Å². The Hall–Kier alpha value is -0.410. The molecule has 0 N–H and O–H groups in total. The van der Waals surface area contributed by atoms with Gasteiger partial charge in [-0.3, -0.25) is 4.90 Å². The third-order valence-electron chi connectivity index (χ3n) is 4.34. The summed E-state index contributed by atoms with van der Waals surface area (Å²) in [6, 6.07) is 0.699. The number of rotatable bonds is 6. The van der Waals surface area contributed by atoms with E-state index in [1.165, 1.54) is 25.7 Å². The molecule has 1 heterocycles. The fourth-order valence-electron chi connectivity index (χ4n) is 3.36. The van der Waals surface area contributed by atoms with Crippen molar-refractivity contribution in [2.75, 3.05) is 26.3 Å². The van der Waals surface area contributed by atoms with Crippen LogP contribution in [0.4, 0.5) is 0 Å². The second-order valence-electron chi connectivity index (χ2n) is 6.54. The van der Waals surface area contributed by atoms with Crippen LogP contribution in [-0.2, 0) is 9.53 Å². The number of ether oxygens (including phenoxy) is 1. The number of carbonyl (C=O) groups is 1. The summed E-state index contributed by atoms with van der Waals surface area (Å²) in [6.07, 6.45) is 7.37. The summed E-state index contributed by atoms with van der Waals surface area (Å²) in [7, 11) is 0. The van der Waals surface area contributed by atoms with Crippen LogP contribution in [0.25, 0.3) is 0 Å². The minimum atomic E-state index is -0.225. The minimum Gasteiger partial charge on any atom is -0.380 e. The van der Waals surface area contributed by atoms with E-state index in [1.807, 2.05) is 0 Å². The maximum atomic E-state index is 11.5. The molecule has 1 saturated heterocycles. The Labute approximate surface area is 111 Å². The molecule has 0 aromatic rings. The molecule has 1 aliphatic heterocycles. The number of nitrogens with zero attached hydrogens (tertiary/aromatic N) is 1. The first-order chi connectivity index (χ1) is 8.65. The molecule has 2 rings (SSSR count). The Morgan fingerprint density at radius 2 is 2.11 bits per heavy atom. The second kappa shape index (κ2) is 6.16. The maximum Gasteiger partial charge on any atom is 0.129 e. The molecular weight excluding hydrogens is 226 g/mol. The molecule has 0 aromatic carbocycles. The summed E-state index contributed by atoms with van der Waals surface area (Å²) in [5.41, 5.74) is -0.225. The quantitative estimate of drug-likeness (QED) is 0.681. The lowest BCUT2D eigenvalue weighted by molar-refractivity contribution is -0.117. The SMILES string of the molecule is CC(C)CN(CC1(C=O)CCOC1)C1CCCC1. The first-order valence-electron chi connectivity index (χ1n) is 7.43. The Kier molecular flexibility index (Phi) is 4.79. The summed E-state index contributed by atoms with van der Waals surface area (Å²) in [4.78, 5) is 14.0. The molecule has 0 amide bonds. The van der Waals surface area contributed by atoms with Crippen LogP contribution < -0.4 is 0 Å². The van der Waals surface area contributed by atoms with Gasteiger partial charge in [0.15, 0.2) is 0 Å². The van der Waals surface area contributed by atoms with Crippen LogP contribution in [0.5, 0.6) is 0 Å². The fourth-order valence-corrected chi connectivity index (χ4v) is 3.36. The van der Waals surface area contributed by atoms with Crippen LogP contribution in [0.3, 0.4) is 0 Å². The van der Waals surface area contributed by atoms with Gasteiger partial charge in [-0.2, -0.15) is 0 Å². The number of aldehydes is 1. The highest BCUT2D eigenvalue weighted by Gasteiger charge is 2.38. The zero-order valence-electron chi connectivity index (χ0n) is 11.9. The van der Waals surface area contributed by atoms with Crippen LogP contribution in [0.2, 0.25) is 0 Å². The molecule has 1 atom stereocenters. The van der Waals surface area contributed by atoms with Gasteiger partial charge in [-0.1, -0.05) is 26.7 Å². The average molecular weight is 253 g/mol. The molecule has 0 bridgehead atoms. The fraction of sp³-hybridized carbons (Fsp3) is 0.933. The van der Waals surface area contributed by atoms with Crippen LogP contribution in [0, 0.1) is 11.3 Å². The molecular formula is C15H27NO2. The van der Waals surface area contributed by atoms with Crippen molar-refractivity contribution in [3.63, 3.8) is 0 Å². The van der Waals surface area contributed by atoms with Crippen LogP contribution >= 0.6 is 0 Å². The normalized spacial score (nSPS) is 29.6. The predicted molar refractivity (Wildman–Crippen MR) is 72.6 cm³/mol. The van der Waals surface area contributed by atoms with Crippen molar-refractivity contribution in [3.8, 4) is 0 Å². The topological polar surface area (TPSA) is 29.5 Å². The molecule has 2 fully saturated rings. The van der Waals surface area contributed by atoms with Crippen molar-refractivity contribution < 1.29 is 9.53 Å². The van der Waals surface area contributed by atoms with Crippen molar-refractivity contribution in [1.29, 1.82) is 0 Å². The molecule has 1 unspecified atom stereocenters. The predicted octanol–water partition coefficient (Wildman–Crippen LogP) is 2.49. The van der Waals surface area contributed by atoms with Gasteiger partial charge in [0, 0.05) is 25.7 Å². The van der Waals surface area contributed by atoms with Gasteiger partial charge in [-0.25, -0.2) is 0 Å². The van der Waals surface area contributed by atoms with Crippen LogP contribution in [0.15, 0.2) is 0 Å². The lowest BCUT2D eigenvalue weighted by Crippen LogP contribution is -2.45. The largest absolute Gasteiger partial charge is 0.380 e. The van der Waals surface area contributed by atoms with E-state index in [-0.39, 0.29) is 5.41 Å². The van der Waals surface area contributed by atoms with E-state index in [1.54, 1.807) is 0 Å². The van der Waals surface area contributed by atoms with Crippen molar-refractivity contribution in [2.45, 2.75) is 52.0 Å². The standard InChI is InChI=1S/C15H27NO2/c1-13(2)9-16(14-5-3-4-6-14)10-15(11-17)7-8-18-12-15/h11,13-14H,3-10,12H2,1-2H3. The molecule has 1 saturated carbocycles. The van der Waals surface area contributed by atoms with Crippen LogP contribution in [0.1, 0.15) is 46.0 Å².